The van der Waals surface area contributed by atoms with Gasteiger partial charge in [0.25, 0.3) is 0 Å². The molecule has 0 radical (unpaired) electrons. The van der Waals surface area contributed by atoms with Gasteiger partial charge in [-0.2, -0.15) is 0 Å². The van der Waals surface area contributed by atoms with E-state index in [1.807, 2.05) is 31.2 Å². The molecule has 0 spiro atoms. The van der Waals surface area contributed by atoms with E-state index in [1.54, 1.807) is 0 Å². The maximum Gasteiger partial charge on any atom is 0.235 e. The Bertz CT molecular complexity index is 705. The van der Waals surface area contributed by atoms with Crippen molar-refractivity contribution < 1.29 is 9.59 Å². The van der Waals surface area contributed by atoms with Gasteiger partial charge in [0.05, 0.1) is 18.5 Å². The molecular formula is C19H20N2O2. The molecule has 2 saturated carbocycles. The fourth-order valence-corrected chi connectivity index (χ4v) is 5.10. The number of carbonyl (C=O) groups is 2. The fourth-order valence-electron chi connectivity index (χ4n) is 5.10. The molecule has 4 heteroatoms. The van der Waals surface area contributed by atoms with Gasteiger partial charge in [-0.15, -0.1) is 0 Å². The Hall–Kier alpha value is -2.10. The minimum Gasteiger partial charge on any atom is -0.367 e. The van der Waals surface area contributed by atoms with Gasteiger partial charge >= 0.3 is 0 Å². The standard InChI is InChI=1S/C19H20N2O2/c1-10-3-2-4-11(7-10)20-9-21-18(22)16-12-5-6-13(15-8-14(12)15)17(16)19(21)23/h2-7,12-17,20H,8-9H2,1H3/t12-,13-,14+,15+,16-,17+/m1/s1. The Morgan fingerprint density at radius 1 is 1.09 bits per heavy atom. The second kappa shape index (κ2) is 4.47. The highest BCUT2D eigenvalue weighted by Gasteiger charge is 2.66. The van der Waals surface area contributed by atoms with Crippen molar-refractivity contribution in [2.24, 2.45) is 35.5 Å². The normalized spacial score (nSPS) is 39.4. The lowest BCUT2D eigenvalue weighted by Gasteiger charge is -2.37. The summed E-state index contributed by atoms with van der Waals surface area (Å²) >= 11 is 0. The van der Waals surface area contributed by atoms with E-state index in [0.717, 1.165) is 11.3 Å². The quantitative estimate of drug-likeness (QED) is 0.689. The third kappa shape index (κ3) is 1.78. The first-order valence-corrected chi connectivity index (χ1v) is 8.49. The number of aryl methyl sites for hydroxylation is 1. The van der Waals surface area contributed by atoms with Crippen LogP contribution in [0.25, 0.3) is 0 Å². The number of anilines is 1. The van der Waals surface area contributed by atoms with E-state index in [9.17, 15) is 9.59 Å². The molecule has 3 fully saturated rings. The summed E-state index contributed by atoms with van der Waals surface area (Å²) in [5.41, 5.74) is 2.11. The minimum atomic E-state index is -0.0967. The third-order valence-corrected chi connectivity index (χ3v) is 6.21. The average molecular weight is 308 g/mol. The highest BCUT2D eigenvalue weighted by Crippen LogP contribution is 2.65. The highest BCUT2D eigenvalue weighted by molar-refractivity contribution is 6.06. The van der Waals surface area contributed by atoms with Crippen molar-refractivity contribution in [1.29, 1.82) is 0 Å². The lowest BCUT2D eigenvalue weighted by Crippen LogP contribution is -2.40. The molecule has 6 atom stereocenters. The highest BCUT2D eigenvalue weighted by atomic mass is 16.2. The van der Waals surface area contributed by atoms with Gasteiger partial charge in [-0.1, -0.05) is 24.3 Å². The van der Waals surface area contributed by atoms with Crippen LogP contribution in [0, 0.1) is 42.4 Å². The van der Waals surface area contributed by atoms with Crippen LogP contribution >= 0.6 is 0 Å². The number of rotatable bonds is 3. The number of benzene rings is 1. The topological polar surface area (TPSA) is 49.4 Å². The van der Waals surface area contributed by atoms with Gasteiger partial charge in [-0.25, -0.2) is 0 Å². The zero-order valence-electron chi connectivity index (χ0n) is 13.1. The number of hydrogen-bond acceptors (Lipinski definition) is 3. The molecular weight excluding hydrogens is 288 g/mol. The molecule has 1 aliphatic heterocycles. The van der Waals surface area contributed by atoms with Crippen LogP contribution in [0.2, 0.25) is 0 Å². The van der Waals surface area contributed by atoms with Gasteiger partial charge in [-0.05, 0) is 54.7 Å². The Kier molecular flexibility index (Phi) is 2.59. The summed E-state index contributed by atoms with van der Waals surface area (Å²) in [4.78, 5) is 27.1. The van der Waals surface area contributed by atoms with E-state index in [0.29, 0.717) is 23.7 Å². The van der Waals surface area contributed by atoms with Gasteiger partial charge in [0, 0.05) is 5.69 Å². The summed E-state index contributed by atoms with van der Waals surface area (Å²) in [5.74, 6) is 1.79. The van der Waals surface area contributed by atoms with Crippen LogP contribution in [0.15, 0.2) is 36.4 Å². The van der Waals surface area contributed by atoms with Crippen LogP contribution in [0.3, 0.4) is 0 Å². The number of nitrogens with zero attached hydrogens (tertiary/aromatic N) is 1. The van der Waals surface area contributed by atoms with Crippen LogP contribution < -0.4 is 5.32 Å². The Balaban J connectivity index is 1.37. The number of allylic oxidation sites excluding steroid dienone is 2. The number of amides is 2. The molecule has 6 rings (SSSR count). The fraction of sp³-hybridized carbons (Fsp3) is 0.474. The summed E-state index contributed by atoms with van der Waals surface area (Å²) in [6.45, 7) is 2.31. The lowest BCUT2D eigenvalue weighted by atomic mass is 9.63. The molecule has 1 aromatic rings. The van der Waals surface area contributed by atoms with E-state index in [1.165, 1.54) is 11.3 Å². The Morgan fingerprint density at radius 2 is 1.74 bits per heavy atom. The van der Waals surface area contributed by atoms with Gasteiger partial charge < -0.3 is 5.32 Å². The summed E-state index contributed by atoms with van der Waals surface area (Å²) in [5, 5.41) is 3.23. The predicted octanol–water partition coefficient (Wildman–Crippen LogP) is 2.42. The van der Waals surface area contributed by atoms with Crippen molar-refractivity contribution >= 4 is 17.5 Å². The largest absolute Gasteiger partial charge is 0.367 e. The van der Waals surface area contributed by atoms with Crippen molar-refractivity contribution in [2.75, 3.05) is 12.0 Å². The van der Waals surface area contributed by atoms with E-state index < -0.39 is 0 Å². The molecule has 5 aliphatic rings. The van der Waals surface area contributed by atoms with E-state index >= 15 is 0 Å². The number of nitrogens with one attached hydrogen (secondary N) is 1. The molecule has 0 aromatic heterocycles. The summed E-state index contributed by atoms with van der Waals surface area (Å²) in [7, 11) is 0. The maximum absolute atomic E-state index is 12.8. The van der Waals surface area contributed by atoms with Crippen LogP contribution in [0.4, 0.5) is 5.69 Å². The molecule has 1 heterocycles. The molecule has 1 N–H and O–H groups in total. The first kappa shape index (κ1) is 13.3. The number of carbonyl (C=O) groups excluding carboxylic acids is 2. The van der Waals surface area contributed by atoms with Crippen molar-refractivity contribution in [3.63, 3.8) is 0 Å². The Morgan fingerprint density at radius 3 is 2.35 bits per heavy atom. The lowest BCUT2D eigenvalue weighted by molar-refractivity contribution is -0.139. The number of hydrogen-bond donors (Lipinski definition) is 1. The zero-order valence-corrected chi connectivity index (χ0v) is 13.1. The third-order valence-electron chi connectivity index (χ3n) is 6.21. The summed E-state index contributed by atoms with van der Waals surface area (Å²) in [6.07, 6.45) is 5.63. The summed E-state index contributed by atoms with van der Waals surface area (Å²) in [6, 6.07) is 7.99. The summed E-state index contributed by atoms with van der Waals surface area (Å²) < 4.78 is 0. The molecule has 118 valence electrons. The maximum atomic E-state index is 12.8. The molecule has 1 saturated heterocycles. The number of likely N-dealkylation sites (tertiary alicyclic amines) is 1. The molecule has 1 aromatic carbocycles. The van der Waals surface area contributed by atoms with E-state index in [4.69, 9.17) is 0 Å². The van der Waals surface area contributed by atoms with Crippen molar-refractivity contribution in [3.05, 3.63) is 42.0 Å². The van der Waals surface area contributed by atoms with Gasteiger partial charge in [0.1, 0.15) is 0 Å². The molecule has 2 bridgehead atoms. The van der Waals surface area contributed by atoms with Gasteiger partial charge in [0.15, 0.2) is 0 Å². The van der Waals surface area contributed by atoms with Crippen LogP contribution in [-0.2, 0) is 9.59 Å². The van der Waals surface area contributed by atoms with Crippen molar-refractivity contribution in [2.45, 2.75) is 13.3 Å². The van der Waals surface area contributed by atoms with Crippen molar-refractivity contribution in [3.8, 4) is 0 Å². The van der Waals surface area contributed by atoms with E-state index in [-0.39, 0.29) is 30.3 Å². The van der Waals surface area contributed by atoms with Gasteiger partial charge in [0.2, 0.25) is 11.8 Å². The number of imide groups is 1. The SMILES string of the molecule is Cc1cccc(NCN2C(=O)[C@@H]3[C@@H]4C=C[C@H]([C@@H]5C[C@@H]45)[C@@H]3C2=O)c1. The Labute approximate surface area is 135 Å². The second-order valence-electron chi connectivity index (χ2n) is 7.46. The predicted molar refractivity (Wildman–Crippen MR) is 86.2 cm³/mol. The smallest absolute Gasteiger partial charge is 0.235 e. The first-order chi connectivity index (χ1) is 11.1. The molecule has 2 amide bonds. The average Bonchev–Trinajstić information content (AvgIpc) is 3.32. The van der Waals surface area contributed by atoms with Gasteiger partial charge in [-0.3, -0.25) is 14.5 Å². The molecule has 0 unspecified atom stereocenters. The molecule has 23 heavy (non-hydrogen) atoms. The molecule has 4 aliphatic carbocycles. The minimum absolute atomic E-state index is 0.0323. The monoisotopic (exact) mass is 308 g/mol. The zero-order chi connectivity index (χ0) is 15.7. The van der Waals surface area contributed by atoms with Crippen molar-refractivity contribution in [1.82, 2.24) is 4.90 Å². The first-order valence-electron chi connectivity index (χ1n) is 8.49. The van der Waals surface area contributed by atoms with Crippen LogP contribution in [0.1, 0.15) is 12.0 Å². The molecule has 4 nitrogen and oxygen atoms in total. The van der Waals surface area contributed by atoms with Crippen LogP contribution in [0.5, 0.6) is 0 Å². The van der Waals surface area contributed by atoms with E-state index in [2.05, 4.69) is 17.5 Å². The second-order valence-corrected chi connectivity index (χ2v) is 7.46. The van der Waals surface area contributed by atoms with Crippen LogP contribution in [-0.4, -0.2) is 23.4 Å².